The molecule has 0 aliphatic carbocycles. The van der Waals surface area contributed by atoms with Crippen molar-refractivity contribution in [3.8, 4) is 0 Å². The van der Waals surface area contributed by atoms with Crippen LogP contribution in [-0.2, 0) is 4.79 Å². The van der Waals surface area contributed by atoms with Crippen LogP contribution in [0.25, 0.3) is 0 Å². The minimum atomic E-state index is -0.297. The van der Waals surface area contributed by atoms with Gasteiger partial charge < -0.3 is 14.6 Å². The lowest BCUT2D eigenvalue weighted by atomic mass is 10.2. The Labute approximate surface area is 133 Å². The van der Waals surface area contributed by atoms with E-state index in [1.54, 1.807) is 11.8 Å². The van der Waals surface area contributed by atoms with Crippen molar-refractivity contribution in [2.75, 3.05) is 13.1 Å². The molecule has 0 bridgehead atoms. The number of nitrogens with one attached hydrogen (secondary N) is 1. The third-order valence-electron chi connectivity index (χ3n) is 3.49. The molecule has 8 heteroatoms. The van der Waals surface area contributed by atoms with Gasteiger partial charge in [0.15, 0.2) is 5.17 Å². The van der Waals surface area contributed by atoms with Gasteiger partial charge in [0.05, 0.1) is 13.0 Å². The van der Waals surface area contributed by atoms with Crippen LogP contribution < -0.4 is 5.32 Å². The third kappa shape index (κ3) is 3.01. The first-order valence-electron chi connectivity index (χ1n) is 7.35. The maximum atomic E-state index is 12.2. The summed E-state index contributed by atoms with van der Waals surface area (Å²) in [6.45, 7) is 7.48. The molecule has 0 spiro atoms. The second kappa shape index (κ2) is 6.12. The molecule has 0 saturated heterocycles. The largest absolute Gasteiger partial charge is 0.423 e. The highest BCUT2D eigenvalue weighted by atomic mass is 32.2. The van der Waals surface area contributed by atoms with Gasteiger partial charge in [0.1, 0.15) is 6.04 Å². The topological polar surface area (TPSA) is 83.6 Å². The van der Waals surface area contributed by atoms with Crippen molar-refractivity contribution in [3.63, 3.8) is 0 Å². The smallest absolute Gasteiger partial charge is 0.238 e. The van der Waals surface area contributed by atoms with Crippen molar-refractivity contribution in [2.45, 2.75) is 39.2 Å². The Balaban J connectivity index is 1.56. The van der Waals surface area contributed by atoms with E-state index in [2.05, 4.69) is 25.4 Å². The molecule has 1 atom stereocenters. The highest BCUT2D eigenvalue weighted by Gasteiger charge is 2.28. The standard InChI is InChI=1S/C14H19N5O2S/c1-8(2)12-17-18-13(21-12)9(3)16-11(20)6-10-7-22-14-15-4-5-19(10)14/h7-9H,4-6H2,1-3H3,(H,16,20)/t9-/m0/s1. The predicted octanol–water partition coefficient (Wildman–Crippen LogP) is 2.02. The van der Waals surface area contributed by atoms with Gasteiger partial charge in [-0.25, -0.2) is 0 Å². The molecule has 2 aliphatic heterocycles. The first-order chi connectivity index (χ1) is 10.5. The van der Waals surface area contributed by atoms with Gasteiger partial charge in [0.2, 0.25) is 17.7 Å². The number of aliphatic imine (C=N–C) groups is 1. The Morgan fingerprint density at radius 2 is 2.18 bits per heavy atom. The van der Waals surface area contributed by atoms with E-state index in [0.29, 0.717) is 18.2 Å². The van der Waals surface area contributed by atoms with Crippen LogP contribution in [0, 0.1) is 0 Å². The van der Waals surface area contributed by atoms with E-state index in [1.807, 2.05) is 26.2 Å². The number of carbonyl (C=O) groups excluding carboxylic acids is 1. The maximum Gasteiger partial charge on any atom is 0.238 e. The van der Waals surface area contributed by atoms with E-state index in [1.165, 1.54) is 0 Å². The Hall–Kier alpha value is -1.83. The number of amides is 1. The summed E-state index contributed by atoms with van der Waals surface area (Å²) >= 11 is 1.58. The van der Waals surface area contributed by atoms with Crippen molar-refractivity contribution in [1.82, 2.24) is 20.4 Å². The summed E-state index contributed by atoms with van der Waals surface area (Å²) in [4.78, 5) is 18.7. The van der Waals surface area contributed by atoms with Crippen molar-refractivity contribution in [2.24, 2.45) is 4.99 Å². The predicted molar refractivity (Wildman–Crippen MR) is 84.2 cm³/mol. The number of aromatic nitrogens is 2. The van der Waals surface area contributed by atoms with E-state index >= 15 is 0 Å². The summed E-state index contributed by atoms with van der Waals surface area (Å²) < 4.78 is 5.56. The normalized spacial score (nSPS) is 18.3. The van der Waals surface area contributed by atoms with Crippen LogP contribution in [0.15, 0.2) is 20.5 Å². The maximum absolute atomic E-state index is 12.2. The van der Waals surface area contributed by atoms with Gasteiger partial charge >= 0.3 is 0 Å². The molecule has 1 aromatic rings. The first-order valence-corrected chi connectivity index (χ1v) is 8.23. The molecular weight excluding hydrogens is 302 g/mol. The van der Waals surface area contributed by atoms with E-state index in [4.69, 9.17) is 4.42 Å². The zero-order chi connectivity index (χ0) is 15.7. The Kier molecular flexibility index (Phi) is 4.19. The average molecular weight is 321 g/mol. The Morgan fingerprint density at radius 1 is 1.41 bits per heavy atom. The Bertz CT molecular complexity index is 637. The number of hydrogen-bond acceptors (Lipinski definition) is 7. The van der Waals surface area contributed by atoms with Gasteiger partial charge in [-0.05, 0) is 12.3 Å². The lowest BCUT2D eigenvalue weighted by Gasteiger charge is -2.17. The van der Waals surface area contributed by atoms with Crippen molar-refractivity contribution < 1.29 is 9.21 Å². The van der Waals surface area contributed by atoms with E-state index in [9.17, 15) is 4.79 Å². The molecule has 3 rings (SSSR count). The quantitative estimate of drug-likeness (QED) is 0.893. The highest BCUT2D eigenvalue weighted by molar-refractivity contribution is 8.16. The van der Waals surface area contributed by atoms with E-state index in [-0.39, 0.29) is 17.9 Å². The summed E-state index contributed by atoms with van der Waals surface area (Å²) in [6, 6.07) is -0.297. The van der Waals surface area contributed by atoms with Crippen LogP contribution in [0.4, 0.5) is 0 Å². The summed E-state index contributed by atoms with van der Waals surface area (Å²) in [5, 5.41) is 13.9. The first kappa shape index (κ1) is 15.1. The lowest BCUT2D eigenvalue weighted by Crippen LogP contribution is -2.30. The molecule has 0 aromatic carbocycles. The fraction of sp³-hybridized carbons (Fsp3) is 0.571. The number of hydrogen-bond donors (Lipinski definition) is 1. The number of amidine groups is 1. The molecule has 1 amide bonds. The second-order valence-corrected chi connectivity index (χ2v) is 6.48. The van der Waals surface area contributed by atoms with Gasteiger partial charge in [-0.1, -0.05) is 25.6 Å². The molecule has 1 N–H and O–H groups in total. The molecular formula is C14H19N5O2S. The summed E-state index contributed by atoms with van der Waals surface area (Å²) in [5.41, 5.74) is 0.999. The van der Waals surface area contributed by atoms with Crippen molar-refractivity contribution in [3.05, 3.63) is 22.9 Å². The molecule has 0 saturated carbocycles. The lowest BCUT2D eigenvalue weighted by molar-refractivity contribution is -0.121. The molecule has 22 heavy (non-hydrogen) atoms. The molecule has 7 nitrogen and oxygen atoms in total. The number of rotatable bonds is 5. The molecule has 2 aliphatic rings. The van der Waals surface area contributed by atoms with Gasteiger partial charge in [-0.3, -0.25) is 9.79 Å². The number of carbonyl (C=O) groups is 1. The zero-order valence-electron chi connectivity index (χ0n) is 12.9. The molecule has 0 radical (unpaired) electrons. The minimum absolute atomic E-state index is 0.0585. The minimum Gasteiger partial charge on any atom is -0.423 e. The molecule has 1 aromatic heterocycles. The number of thioether (sulfide) groups is 1. The molecule has 0 unspecified atom stereocenters. The number of nitrogens with zero attached hydrogens (tertiary/aromatic N) is 4. The average Bonchev–Trinajstić information content (AvgIpc) is 3.15. The third-order valence-corrected chi connectivity index (χ3v) is 4.44. The van der Waals surface area contributed by atoms with Crippen LogP contribution in [0.5, 0.6) is 0 Å². The van der Waals surface area contributed by atoms with Gasteiger partial charge in [-0.2, -0.15) is 0 Å². The van der Waals surface area contributed by atoms with Gasteiger partial charge in [0.25, 0.3) is 0 Å². The van der Waals surface area contributed by atoms with Crippen LogP contribution >= 0.6 is 11.8 Å². The molecule has 0 fully saturated rings. The van der Waals surface area contributed by atoms with Crippen LogP contribution in [0.1, 0.15) is 50.9 Å². The van der Waals surface area contributed by atoms with Crippen molar-refractivity contribution >= 4 is 22.8 Å². The molecule has 118 valence electrons. The zero-order valence-corrected chi connectivity index (χ0v) is 13.7. The van der Waals surface area contributed by atoms with Crippen LogP contribution in [-0.4, -0.2) is 39.3 Å². The summed E-state index contributed by atoms with van der Waals surface area (Å²) in [7, 11) is 0. The van der Waals surface area contributed by atoms with Gasteiger partial charge in [0, 0.05) is 18.2 Å². The summed E-state index contributed by atoms with van der Waals surface area (Å²) in [5.74, 6) is 1.15. The molecule has 3 heterocycles. The van der Waals surface area contributed by atoms with E-state index in [0.717, 1.165) is 24.0 Å². The highest BCUT2D eigenvalue weighted by Crippen LogP contribution is 2.30. The second-order valence-electron chi connectivity index (χ2n) is 5.64. The van der Waals surface area contributed by atoms with Crippen molar-refractivity contribution in [1.29, 1.82) is 0 Å². The Morgan fingerprint density at radius 3 is 2.91 bits per heavy atom. The SMILES string of the molecule is CC(C)c1nnc([C@H](C)NC(=O)CC2=CSC3=NCCN23)o1. The van der Waals surface area contributed by atoms with E-state index < -0.39 is 0 Å². The summed E-state index contributed by atoms with van der Waals surface area (Å²) in [6.07, 6.45) is 0.335. The van der Waals surface area contributed by atoms with Crippen LogP contribution in [0.3, 0.4) is 0 Å². The fourth-order valence-electron chi connectivity index (χ4n) is 2.29. The monoisotopic (exact) mass is 321 g/mol. The number of fused-ring (bicyclic) bond motifs is 1. The van der Waals surface area contributed by atoms with Crippen LogP contribution in [0.2, 0.25) is 0 Å². The van der Waals surface area contributed by atoms with Gasteiger partial charge in [-0.15, -0.1) is 10.2 Å². The fourth-order valence-corrected chi connectivity index (χ4v) is 3.24.